The zero-order valence-corrected chi connectivity index (χ0v) is 8.71. The van der Waals surface area contributed by atoms with Gasteiger partial charge in [0.2, 0.25) is 0 Å². The number of likely N-dealkylation sites (tertiary alicyclic amines) is 1. The predicted molar refractivity (Wildman–Crippen MR) is 55.5 cm³/mol. The third-order valence-electron chi connectivity index (χ3n) is 3.82. The Hall–Kier alpha value is -0.0800. The van der Waals surface area contributed by atoms with Gasteiger partial charge in [0.25, 0.3) is 0 Å². The SMILES string of the molecule is CC1CCC(N2CC(CN)C2)CC1. The van der Waals surface area contributed by atoms with Crippen molar-refractivity contribution in [2.24, 2.45) is 17.6 Å². The lowest BCUT2D eigenvalue weighted by molar-refractivity contribution is 0.0330. The van der Waals surface area contributed by atoms with Crippen LogP contribution in [0, 0.1) is 11.8 Å². The molecule has 1 aliphatic carbocycles. The molecule has 13 heavy (non-hydrogen) atoms. The standard InChI is InChI=1S/C11H22N2/c1-9-2-4-11(5-3-9)13-7-10(6-12)8-13/h9-11H,2-8,12H2,1H3. The van der Waals surface area contributed by atoms with E-state index < -0.39 is 0 Å². The Kier molecular flexibility index (Phi) is 2.89. The zero-order chi connectivity index (χ0) is 9.26. The van der Waals surface area contributed by atoms with E-state index in [0.717, 1.165) is 24.4 Å². The first-order chi connectivity index (χ1) is 6.29. The van der Waals surface area contributed by atoms with Gasteiger partial charge in [-0.15, -0.1) is 0 Å². The molecule has 2 N–H and O–H groups in total. The Morgan fingerprint density at radius 1 is 1.15 bits per heavy atom. The maximum Gasteiger partial charge on any atom is 0.00957 e. The van der Waals surface area contributed by atoms with Crippen LogP contribution in [0.1, 0.15) is 32.6 Å². The lowest BCUT2D eigenvalue weighted by atomic mass is 9.84. The summed E-state index contributed by atoms with van der Waals surface area (Å²) in [6.07, 6.45) is 5.74. The van der Waals surface area contributed by atoms with E-state index >= 15 is 0 Å². The molecule has 0 unspecified atom stereocenters. The first-order valence-electron chi connectivity index (χ1n) is 5.73. The summed E-state index contributed by atoms with van der Waals surface area (Å²) in [6.45, 7) is 5.82. The van der Waals surface area contributed by atoms with E-state index in [4.69, 9.17) is 5.73 Å². The molecule has 0 spiro atoms. The molecule has 1 aliphatic heterocycles. The minimum Gasteiger partial charge on any atom is -0.330 e. The molecule has 2 heteroatoms. The summed E-state index contributed by atoms with van der Waals surface area (Å²) in [7, 11) is 0. The molecular formula is C11H22N2. The minimum absolute atomic E-state index is 0.805. The Balaban J connectivity index is 1.71. The van der Waals surface area contributed by atoms with E-state index in [9.17, 15) is 0 Å². The van der Waals surface area contributed by atoms with Gasteiger partial charge in [0.15, 0.2) is 0 Å². The quantitative estimate of drug-likeness (QED) is 0.700. The monoisotopic (exact) mass is 182 g/mol. The third kappa shape index (κ3) is 2.05. The normalized spacial score (nSPS) is 37.4. The van der Waals surface area contributed by atoms with Gasteiger partial charge in [0, 0.05) is 19.1 Å². The highest BCUT2D eigenvalue weighted by Crippen LogP contribution is 2.30. The Labute approximate surface area is 81.5 Å². The van der Waals surface area contributed by atoms with E-state index in [-0.39, 0.29) is 0 Å². The molecule has 2 fully saturated rings. The second-order valence-corrected chi connectivity index (χ2v) is 4.97. The van der Waals surface area contributed by atoms with Gasteiger partial charge in [-0.1, -0.05) is 6.92 Å². The minimum atomic E-state index is 0.805. The first kappa shape index (κ1) is 9.47. The van der Waals surface area contributed by atoms with Crippen LogP contribution in [0.15, 0.2) is 0 Å². The summed E-state index contributed by atoms with van der Waals surface area (Å²) in [5.74, 6) is 1.78. The van der Waals surface area contributed by atoms with E-state index in [1.807, 2.05) is 0 Å². The van der Waals surface area contributed by atoms with Crippen molar-refractivity contribution in [1.29, 1.82) is 0 Å². The lowest BCUT2D eigenvalue weighted by Crippen LogP contribution is -2.55. The molecule has 76 valence electrons. The molecule has 0 bridgehead atoms. The van der Waals surface area contributed by atoms with Crippen LogP contribution < -0.4 is 5.73 Å². The van der Waals surface area contributed by atoms with Crippen LogP contribution in [-0.2, 0) is 0 Å². The molecule has 2 aliphatic rings. The van der Waals surface area contributed by atoms with Crippen LogP contribution in [0.3, 0.4) is 0 Å². The van der Waals surface area contributed by atoms with Crippen LogP contribution in [0.4, 0.5) is 0 Å². The molecule has 2 nitrogen and oxygen atoms in total. The van der Waals surface area contributed by atoms with E-state index in [1.54, 1.807) is 0 Å². The average molecular weight is 182 g/mol. The Morgan fingerprint density at radius 2 is 1.77 bits per heavy atom. The van der Waals surface area contributed by atoms with Gasteiger partial charge < -0.3 is 5.73 Å². The highest BCUT2D eigenvalue weighted by Gasteiger charge is 2.32. The van der Waals surface area contributed by atoms with Crippen molar-refractivity contribution in [3.8, 4) is 0 Å². The summed E-state index contributed by atoms with van der Waals surface area (Å²) >= 11 is 0. The van der Waals surface area contributed by atoms with Gasteiger partial charge in [0.1, 0.15) is 0 Å². The fourth-order valence-corrected chi connectivity index (χ4v) is 2.66. The molecule has 0 atom stereocenters. The van der Waals surface area contributed by atoms with Crippen molar-refractivity contribution < 1.29 is 0 Å². The highest BCUT2D eigenvalue weighted by molar-refractivity contribution is 4.87. The maximum atomic E-state index is 5.62. The summed E-state index contributed by atoms with van der Waals surface area (Å²) in [6, 6.07) is 0.902. The van der Waals surface area contributed by atoms with Crippen molar-refractivity contribution in [2.75, 3.05) is 19.6 Å². The lowest BCUT2D eigenvalue weighted by Gasteiger charge is -2.46. The molecule has 1 saturated carbocycles. The molecular weight excluding hydrogens is 160 g/mol. The zero-order valence-electron chi connectivity index (χ0n) is 8.71. The van der Waals surface area contributed by atoms with Gasteiger partial charge >= 0.3 is 0 Å². The van der Waals surface area contributed by atoms with E-state index in [2.05, 4.69) is 11.8 Å². The predicted octanol–water partition coefficient (Wildman–Crippen LogP) is 1.46. The topological polar surface area (TPSA) is 29.3 Å². The summed E-state index contributed by atoms with van der Waals surface area (Å²) < 4.78 is 0. The first-order valence-corrected chi connectivity index (χ1v) is 5.73. The van der Waals surface area contributed by atoms with Gasteiger partial charge in [0.05, 0.1) is 0 Å². The van der Waals surface area contributed by atoms with Crippen LogP contribution in [0.2, 0.25) is 0 Å². The number of nitrogens with zero attached hydrogens (tertiary/aromatic N) is 1. The second-order valence-electron chi connectivity index (χ2n) is 4.97. The molecule has 1 heterocycles. The van der Waals surface area contributed by atoms with Crippen molar-refractivity contribution >= 4 is 0 Å². The van der Waals surface area contributed by atoms with Crippen molar-refractivity contribution in [1.82, 2.24) is 4.90 Å². The van der Waals surface area contributed by atoms with Crippen LogP contribution >= 0.6 is 0 Å². The number of nitrogens with two attached hydrogens (primary N) is 1. The molecule has 0 aromatic heterocycles. The Morgan fingerprint density at radius 3 is 2.31 bits per heavy atom. The van der Waals surface area contributed by atoms with Crippen LogP contribution in [0.5, 0.6) is 0 Å². The van der Waals surface area contributed by atoms with Crippen molar-refractivity contribution in [2.45, 2.75) is 38.6 Å². The molecule has 0 aromatic rings. The van der Waals surface area contributed by atoms with E-state index in [0.29, 0.717) is 0 Å². The number of hydrogen-bond donors (Lipinski definition) is 1. The number of hydrogen-bond acceptors (Lipinski definition) is 2. The van der Waals surface area contributed by atoms with Gasteiger partial charge in [-0.2, -0.15) is 0 Å². The maximum absolute atomic E-state index is 5.62. The van der Waals surface area contributed by atoms with Crippen LogP contribution in [-0.4, -0.2) is 30.6 Å². The number of rotatable bonds is 2. The summed E-state index contributed by atoms with van der Waals surface area (Å²) in [5, 5.41) is 0. The molecule has 2 rings (SSSR count). The highest BCUT2D eigenvalue weighted by atomic mass is 15.2. The fourth-order valence-electron chi connectivity index (χ4n) is 2.66. The van der Waals surface area contributed by atoms with Crippen molar-refractivity contribution in [3.05, 3.63) is 0 Å². The van der Waals surface area contributed by atoms with Crippen LogP contribution in [0.25, 0.3) is 0 Å². The molecule has 0 aromatic carbocycles. The van der Waals surface area contributed by atoms with Gasteiger partial charge in [-0.05, 0) is 44.1 Å². The van der Waals surface area contributed by atoms with E-state index in [1.165, 1.54) is 38.8 Å². The van der Waals surface area contributed by atoms with Gasteiger partial charge in [-0.3, -0.25) is 4.90 Å². The van der Waals surface area contributed by atoms with Crippen molar-refractivity contribution in [3.63, 3.8) is 0 Å². The average Bonchev–Trinajstić information content (AvgIpc) is 2.06. The molecule has 0 amide bonds. The molecule has 1 saturated heterocycles. The third-order valence-corrected chi connectivity index (χ3v) is 3.82. The Bertz CT molecular complexity index is 155. The summed E-state index contributed by atoms with van der Waals surface area (Å²) in [5.41, 5.74) is 5.62. The smallest absolute Gasteiger partial charge is 0.00957 e. The molecule has 0 radical (unpaired) electrons. The fraction of sp³-hybridized carbons (Fsp3) is 1.00. The summed E-state index contributed by atoms with van der Waals surface area (Å²) in [4.78, 5) is 2.64. The second kappa shape index (κ2) is 3.97. The largest absolute Gasteiger partial charge is 0.330 e. The van der Waals surface area contributed by atoms with Gasteiger partial charge in [-0.25, -0.2) is 0 Å².